The van der Waals surface area contributed by atoms with Crippen molar-refractivity contribution in [1.82, 2.24) is 5.32 Å². The standard InChI is InChI=1S/C18H16F2N2O3/c19-18(20)24-14-9-8-13(10-15(14)25-18)21-16(11-4-2-1-3-5-11)17(23)22-12-6-7-12/h1-5,8-10,12,16,21H,6-7H2,(H,22,23). The molecule has 5 nitrogen and oxygen atoms in total. The second-order valence-corrected chi connectivity index (χ2v) is 6.10. The Bertz CT molecular complexity index is 794. The van der Waals surface area contributed by atoms with Crippen LogP contribution in [0.2, 0.25) is 0 Å². The van der Waals surface area contributed by atoms with Gasteiger partial charge in [-0.1, -0.05) is 30.3 Å². The molecular formula is C18H16F2N2O3. The highest BCUT2D eigenvalue weighted by molar-refractivity contribution is 5.86. The lowest BCUT2D eigenvalue weighted by Gasteiger charge is -2.20. The number of benzene rings is 2. The van der Waals surface area contributed by atoms with Crippen molar-refractivity contribution in [3.8, 4) is 11.5 Å². The van der Waals surface area contributed by atoms with Gasteiger partial charge in [0, 0.05) is 17.8 Å². The molecule has 0 aromatic heterocycles. The number of anilines is 1. The molecule has 2 aliphatic rings. The van der Waals surface area contributed by atoms with E-state index in [4.69, 9.17) is 0 Å². The molecule has 25 heavy (non-hydrogen) atoms. The number of carbonyl (C=O) groups excluding carboxylic acids is 1. The van der Waals surface area contributed by atoms with Gasteiger partial charge in [0.1, 0.15) is 6.04 Å². The maximum atomic E-state index is 13.1. The van der Waals surface area contributed by atoms with Gasteiger partial charge in [-0.05, 0) is 30.5 Å². The molecule has 0 saturated heterocycles. The molecule has 130 valence electrons. The summed E-state index contributed by atoms with van der Waals surface area (Å²) in [6, 6.07) is 13.2. The molecule has 2 aromatic carbocycles. The zero-order chi connectivity index (χ0) is 17.4. The molecule has 1 aliphatic heterocycles. The number of halogens is 2. The van der Waals surface area contributed by atoms with Crippen LogP contribution in [0.15, 0.2) is 48.5 Å². The Morgan fingerprint density at radius 2 is 1.80 bits per heavy atom. The van der Waals surface area contributed by atoms with E-state index in [1.807, 2.05) is 30.3 Å². The molecule has 1 fully saturated rings. The molecule has 0 bridgehead atoms. The summed E-state index contributed by atoms with van der Waals surface area (Å²) in [5.74, 6) is -0.254. The van der Waals surface area contributed by atoms with Gasteiger partial charge in [-0.3, -0.25) is 4.79 Å². The largest absolute Gasteiger partial charge is 0.586 e. The Morgan fingerprint density at radius 1 is 1.08 bits per heavy atom. The molecule has 1 unspecified atom stereocenters. The average Bonchev–Trinajstić information content (AvgIpc) is 3.33. The minimum atomic E-state index is -3.66. The van der Waals surface area contributed by atoms with Crippen LogP contribution in [0.1, 0.15) is 24.4 Å². The molecule has 1 amide bonds. The van der Waals surface area contributed by atoms with E-state index in [-0.39, 0.29) is 23.4 Å². The van der Waals surface area contributed by atoms with E-state index in [0.717, 1.165) is 18.4 Å². The Kier molecular flexibility index (Phi) is 3.71. The highest BCUT2D eigenvalue weighted by Gasteiger charge is 2.43. The molecule has 0 spiro atoms. The summed E-state index contributed by atoms with van der Waals surface area (Å²) in [5.41, 5.74) is 1.27. The van der Waals surface area contributed by atoms with E-state index >= 15 is 0 Å². The number of carbonyl (C=O) groups is 1. The molecule has 2 N–H and O–H groups in total. The normalized spacial score (nSPS) is 18.5. The highest BCUT2D eigenvalue weighted by atomic mass is 19.3. The number of ether oxygens (including phenoxy) is 2. The van der Waals surface area contributed by atoms with Crippen molar-refractivity contribution >= 4 is 11.6 Å². The van der Waals surface area contributed by atoms with Gasteiger partial charge in [-0.25, -0.2) is 0 Å². The third-order valence-corrected chi connectivity index (χ3v) is 4.03. The average molecular weight is 346 g/mol. The van der Waals surface area contributed by atoms with Crippen LogP contribution < -0.4 is 20.1 Å². The summed E-state index contributed by atoms with van der Waals surface area (Å²) in [4.78, 5) is 12.6. The van der Waals surface area contributed by atoms with Gasteiger partial charge in [0.25, 0.3) is 0 Å². The van der Waals surface area contributed by atoms with E-state index in [0.29, 0.717) is 5.69 Å². The van der Waals surface area contributed by atoms with Crippen LogP contribution in [-0.4, -0.2) is 18.2 Å². The number of nitrogens with one attached hydrogen (secondary N) is 2. The van der Waals surface area contributed by atoms with Gasteiger partial charge in [-0.15, -0.1) is 8.78 Å². The molecule has 1 saturated carbocycles. The van der Waals surface area contributed by atoms with Crippen molar-refractivity contribution in [2.24, 2.45) is 0 Å². The van der Waals surface area contributed by atoms with Gasteiger partial charge in [0.2, 0.25) is 5.91 Å². The first-order valence-corrected chi connectivity index (χ1v) is 8.02. The quantitative estimate of drug-likeness (QED) is 0.871. The fraction of sp³-hybridized carbons (Fsp3) is 0.278. The van der Waals surface area contributed by atoms with Crippen molar-refractivity contribution < 1.29 is 23.0 Å². The highest BCUT2D eigenvalue weighted by Crippen LogP contribution is 2.42. The summed E-state index contributed by atoms with van der Waals surface area (Å²) in [7, 11) is 0. The van der Waals surface area contributed by atoms with Gasteiger partial charge in [-0.2, -0.15) is 0 Å². The minimum absolute atomic E-state index is 0.0331. The fourth-order valence-electron chi connectivity index (χ4n) is 2.66. The second kappa shape index (κ2) is 5.91. The summed E-state index contributed by atoms with van der Waals surface area (Å²) in [6.07, 6.45) is -1.71. The molecule has 1 aliphatic carbocycles. The molecule has 1 atom stereocenters. The van der Waals surface area contributed by atoms with Crippen molar-refractivity contribution in [3.63, 3.8) is 0 Å². The van der Waals surface area contributed by atoms with Crippen LogP contribution in [0.5, 0.6) is 11.5 Å². The number of amides is 1. The smallest absolute Gasteiger partial charge is 0.395 e. The first-order chi connectivity index (χ1) is 12.0. The van der Waals surface area contributed by atoms with Crippen LogP contribution >= 0.6 is 0 Å². The van der Waals surface area contributed by atoms with Crippen molar-refractivity contribution in [3.05, 3.63) is 54.1 Å². The zero-order valence-corrected chi connectivity index (χ0v) is 13.2. The van der Waals surface area contributed by atoms with Gasteiger partial charge in [0.15, 0.2) is 11.5 Å². The Hall–Kier alpha value is -2.83. The topological polar surface area (TPSA) is 59.6 Å². The van der Waals surface area contributed by atoms with Crippen molar-refractivity contribution in [2.75, 3.05) is 5.32 Å². The zero-order valence-electron chi connectivity index (χ0n) is 13.2. The third kappa shape index (κ3) is 3.50. The SMILES string of the molecule is O=C(NC1CC1)C(Nc1ccc2c(c1)OC(F)(F)O2)c1ccccc1. The van der Waals surface area contributed by atoms with Gasteiger partial charge >= 0.3 is 6.29 Å². The maximum Gasteiger partial charge on any atom is 0.586 e. The Morgan fingerprint density at radius 3 is 2.52 bits per heavy atom. The summed E-state index contributed by atoms with van der Waals surface area (Å²) >= 11 is 0. The summed E-state index contributed by atoms with van der Waals surface area (Å²) in [5, 5.41) is 6.05. The van der Waals surface area contributed by atoms with E-state index in [2.05, 4.69) is 20.1 Å². The number of hydrogen-bond acceptors (Lipinski definition) is 4. The molecule has 2 aromatic rings. The van der Waals surface area contributed by atoms with E-state index in [1.165, 1.54) is 12.1 Å². The van der Waals surface area contributed by atoms with Gasteiger partial charge in [0.05, 0.1) is 0 Å². The molecule has 1 heterocycles. The maximum absolute atomic E-state index is 13.1. The molecular weight excluding hydrogens is 330 g/mol. The number of alkyl halides is 2. The summed E-state index contributed by atoms with van der Waals surface area (Å²) < 4.78 is 35.1. The van der Waals surface area contributed by atoms with E-state index < -0.39 is 12.3 Å². The fourth-order valence-corrected chi connectivity index (χ4v) is 2.66. The number of rotatable bonds is 5. The Labute approximate surface area is 142 Å². The van der Waals surface area contributed by atoms with E-state index in [9.17, 15) is 13.6 Å². The van der Waals surface area contributed by atoms with Crippen LogP contribution in [0.3, 0.4) is 0 Å². The van der Waals surface area contributed by atoms with Crippen LogP contribution in [0, 0.1) is 0 Å². The van der Waals surface area contributed by atoms with Crippen molar-refractivity contribution in [1.29, 1.82) is 0 Å². The first-order valence-electron chi connectivity index (χ1n) is 8.02. The molecule has 0 radical (unpaired) electrons. The number of fused-ring (bicyclic) bond motifs is 1. The predicted octanol–water partition coefficient (Wildman–Crippen LogP) is 3.44. The minimum Gasteiger partial charge on any atom is -0.395 e. The van der Waals surface area contributed by atoms with Crippen LogP contribution in [-0.2, 0) is 4.79 Å². The van der Waals surface area contributed by atoms with Gasteiger partial charge < -0.3 is 20.1 Å². The van der Waals surface area contributed by atoms with Crippen molar-refractivity contribution in [2.45, 2.75) is 31.2 Å². The lowest BCUT2D eigenvalue weighted by Crippen LogP contribution is -2.34. The molecule has 4 rings (SSSR count). The third-order valence-electron chi connectivity index (χ3n) is 4.03. The van der Waals surface area contributed by atoms with Crippen LogP contribution in [0.4, 0.5) is 14.5 Å². The number of hydrogen-bond donors (Lipinski definition) is 2. The monoisotopic (exact) mass is 346 g/mol. The van der Waals surface area contributed by atoms with Crippen LogP contribution in [0.25, 0.3) is 0 Å². The first kappa shape index (κ1) is 15.7. The Balaban J connectivity index is 1.57. The summed E-state index contributed by atoms with van der Waals surface area (Å²) in [6.45, 7) is 0. The predicted molar refractivity (Wildman–Crippen MR) is 86.6 cm³/mol. The second-order valence-electron chi connectivity index (χ2n) is 6.10. The molecule has 7 heteroatoms. The lowest BCUT2D eigenvalue weighted by molar-refractivity contribution is -0.286. The van der Waals surface area contributed by atoms with E-state index in [1.54, 1.807) is 6.07 Å². The lowest BCUT2D eigenvalue weighted by atomic mass is 10.1.